The Balaban J connectivity index is 1.16. The van der Waals surface area contributed by atoms with Crippen LogP contribution < -0.4 is 10.2 Å². The van der Waals surface area contributed by atoms with E-state index in [0.717, 1.165) is 75.2 Å². The van der Waals surface area contributed by atoms with Crippen molar-refractivity contribution in [2.75, 3.05) is 62.7 Å². The number of rotatable bonds is 6. The van der Waals surface area contributed by atoms with Gasteiger partial charge in [0.2, 0.25) is 0 Å². The van der Waals surface area contributed by atoms with Gasteiger partial charge in [-0.2, -0.15) is 5.10 Å². The van der Waals surface area contributed by atoms with E-state index in [1.165, 1.54) is 18.5 Å². The van der Waals surface area contributed by atoms with Crippen LogP contribution in [0.25, 0.3) is 11.0 Å². The van der Waals surface area contributed by atoms with Gasteiger partial charge in [0.15, 0.2) is 5.65 Å². The van der Waals surface area contributed by atoms with Crippen molar-refractivity contribution in [2.45, 2.75) is 18.8 Å². The third-order valence-electron chi connectivity index (χ3n) is 6.25. The smallest absolute Gasteiger partial charge is 0.157 e. The minimum absolute atomic E-state index is 0.472. The number of fused-ring (bicyclic) bond motifs is 1. The molecule has 2 aliphatic rings. The molecule has 9 heteroatoms. The highest BCUT2D eigenvalue weighted by atomic mass is 16.5. The molecule has 2 fully saturated rings. The van der Waals surface area contributed by atoms with Crippen LogP contribution in [0.15, 0.2) is 30.7 Å². The second kappa shape index (κ2) is 9.15. The van der Waals surface area contributed by atoms with Gasteiger partial charge in [-0.3, -0.25) is 4.68 Å². The van der Waals surface area contributed by atoms with Crippen molar-refractivity contribution in [1.82, 2.24) is 29.6 Å². The SMILES string of the molecule is Cn1ncc2ccc(C3CCCN(CCNc4cc(N5CCOCC5)ncn4)C3)nc21. The standard InChI is InChI=1S/C22H30N8O/c1-28-22-17(14-26-28)4-5-19(27-22)18-3-2-7-29(15-18)8-6-23-20-13-21(25-16-24-20)30-9-11-31-12-10-30/h4-5,13-14,16,18H,2-3,6-12,15H2,1H3,(H,23,24,25). The average molecular weight is 423 g/mol. The molecule has 0 bridgehead atoms. The summed E-state index contributed by atoms with van der Waals surface area (Å²) in [5, 5.41) is 8.90. The summed E-state index contributed by atoms with van der Waals surface area (Å²) in [6.45, 7) is 7.29. The Kier molecular flexibility index (Phi) is 5.95. The maximum atomic E-state index is 5.43. The zero-order valence-corrected chi connectivity index (χ0v) is 18.1. The number of aromatic nitrogens is 5. The van der Waals surface area contributed by atoms with Crippen molar-refractivity contribution in [3.05, 3.63) is 36.4 Å². The van der Waals surface area contributed by atoms with Gasteiger partial charge in [0.25, 0.3) is 0 Å². The number of ether oxygens (including phenoxy) is 1. The first-order valence-electron chi connectivity index (χ1n) is 11.2. The maximum Gasteiger partial charge on any atom is 0.157 e. The van der Waals surface area contributed by atoms with E-state index in [2.05, 4.69) is 42.3 Å². The van der Waals surface area contributed by atoms with Gasteiger partial charge in [0, 0.05) is 62.8 Å². The Morgan fingerprint density at radius 1 is 1.16 bits per heavy atom. The van der Waals surface area contributed by atoms with Crippen molar-refractivity contribution >= 4 is 22.7 Å². The summed E-state index contributed by atoms with van der Waals surface area (Å²) in [7, 11) is 1.95. The molecular weight excluding hydrogens is 392 g/mol. The lowest BCUT2D eigenvalue weighted by Gasteiger charge is -2.32. The van der Waals surface area contributed by atoms with Gasteiger partial charge in [0.05, 0.1) is 19.4 Å². The number of anilines is 2. The largest absolute Gasteiger partial charge is 0.378 e. The molecule has 0 spiro atoms. The van der Waals surface area contributed by atoms with E-state index >= 15 is 0 Å². The first-order valence-corrected chi connectivity index (χ1v) is 11.2. The van der Waals surface area contributed by atoms with Crippen LogP contribution in [0.4, 0.5) is 11.6 Å². The first-order chi connectivity index (χ1) is 15.3. The number of hydrogen-bond acceptors (Lipinski definition) is 8. The molecule has 0 radical (unpaired) electrons. The third kappa shape index (κ3) is 4.62. The number of aryl methyl sites for hydroxylation is 1. The lowest BCUT2D eigenvalue weighted by Crippen LogP contribution is -2.38. The summed E-state index contributed by atoms with van der Waals surface area (Å²) in [4.78, 5) is 18.5. The molecule has 1 unspecified atom stereocenters. The van der Waals surface area contributed by atoms with E-state index in [9.17, 15) is 0 Å². The quantitative estimate of drug-likeness (QED) is 0.645. The lowest BCUT2D eigenvalue weighted by molar-refractivity contribution is 0.122. The molecule has 3 aromatic heterocycles. The number of likely N-dealkylation sites (tertiary alicyclic amines) is 1. The number of morpholine rings is 1. The fourth-order valence-electron chi connectivity index (χ4n) is 4.52. The van der Waals surface area contributed by atoms with Crippen LogP contribution >= 0.6 is 0 Å². The first kappa shape index (κ1) is 20.1. The number of nitrogens with zero attached hydrogens (tertiary/aromatic N) is 7. The van der Waals surface area contributed by atoms with E-state index in [-0.39, 0.29) is 0 Å². The van der Waals surface area contributed by atoms with Gasteiger partial charge in [-0.05, 0) is 31.5 Å². The molecule has 31 heavy (non-hydrogen) atoms. The topological polar surface area (TPSA) is 84.2 Å². The zero-order chi connectivity index (χ0) is 21.0. The van der Waals surface area contributed by atoms with Crippen LogP contribution in [0.5, 0.6) is 0 Å². The predicted octanol–water partition coefficient (Wildman–Crippen LogP) is 1.89. The predicted molar refractivity (Wildman–Crippen MR) is 120 cm³/mol. The molecule has 164 valence electrons. The normalized spacial score (nSPS) is 20.3. The van der Waals surface area contributed by atoms with Crippen molar-refractivity contribution in [3.63, 3.8) is 0 Å². The fraction of sp³-hybridized carbons (Fsp3) is 0.545. The average Bonchev–Trinajstić information content (AvgIpc) is 3.20. The van der Waals surface area contributed by atoms with Gasteiger partial charge in [-0.1, -0.05) is 0 Å². The lowest BCUT2D eigenvalue weighted by atomic mass is 9.94. The minimum Gasteiger partial charge on any atom is -0.378 e. The second-order valence-corrected chi connectivity index (χ2v) is 8.34. The highest BCUT2D eigenvalue weighted by Crippen LogP contribution is 2.27. The summed E-state index contributed by atoms with van der Waals surface area (Å²) >= 11 is 0. The van der Waals surface area contributed by atoms with E-state index in [1.807, 2.05) is 24.0 Å². The van der Waals surface area contributed by atoms with Gasteiger partial charge in [-0.15, -0.1) is 0 Å². The molecule has 0 aromatic carbocycles. The number of nitrogens with one attached hydrogen (secondary N) is 1. The van der Waals surface area contributed by atoms with E-state index < -0.39 is 0 Å². The van der Waals surface area contributed by atoms with Gasteiger partial charge < -0.3 is 19.9 Å². The van der Waals surface area contributed by atoms with Crippen molar-refractivity contribution in [3.8, 4) is 0 Å². The number of piperidine rings is 1. The summed E-state index contributed by atoms with van der Waals surface area (Å²) in [5.41, 5.74) is 2.15. The maximum absolute atomic E-state index is 5.43. The van der Waals surface area contributed by atoms with Crippen LogP contribution in [0.3, 0.4) is 0 Å². The summed E-state index contributed by atoms with van der Waals surface area (Å²) in [6.07, 6.45) is 5.91. The molecular formula is C22H30N8O. The van der Waals surface area contributed by atoms with Crippen LogP contribution in [0.1, 0.15) is 24.5 Å². The summed E-state index contributed by atoms with van der Waals surface area (Å²) in [5.74, 6) is 2.32. The third-order valence-corrected chi connectivity index (χ3v) is 6.25. The molecule has 9 nitrogen and oxygen atoms in total. The minimum atomic E-state index is 0.472. The molecule has 3 aromatic rings. The van der Waals surface area contributed by atoms with Gasteiger partial charge in [0.1, 0.15) is 18.0 Å². The Bertz CT molecular complexity index is 1020. The van der Waals surface area contributed by atoms with Crippen molar-refractivity contribution in [1.29, 1.82) is 0 Å². The van der Waals surface area contributed by atoms with Crippen LogP contribution in [0.2, 0.25) is 0 Å². The van der Waals surface area contributed by atoms with Crippen LogP contribution in [-0.4, -0.2) is 82.1 Å². The van der Waals surface area contributed by atoms with Crippen molar-refractivity contribution < 1.29 is 4.74 Å². The van der Waals surface area contributed by atoms with E-state index in [4.69, 9.17) is 9.72 Å². The Morgan fingerprint density at radius 2 is 2.06 bits per heavy atom. The second-order valence-electron chi connectivity index (χ2n) is 8.34. The van der Waals surface area contributed by atoms with Gasteiger partial charge >= 0.3 is 0 Å². The van der Waals surface area contributed by atoms with Crippen LogP contribution in [-0.2, 0) is 11.8 Å². The molecule has 0 saturated carbocycles. The fourth-order valence-corrected chi connectivity index (χ4v) is 4.52. The monoisotopic (exact) mass is 422 g/mol. The Hall–Kier alpha value is -2.78. The zero-order valence-electron chi connectivity index (χ0n) is 18.1. The van der Waals surface area contributed by atoms with E-state index in [0.29, 0.717) is 5.92 Å². The summed E-state index contributed by atoms with van der Waals surface area (Å²) < 4.78 is 7.29. The van der Waals surface area contributed by atoms with Crippen LogP contribution in [0, 0.1) is 0 Å². The highest BCUT2D eigenvalue weighted by molar-refractivity contribution is 5.74. The molecule has 0 amide bonds. The highest BCUT2D eigenvalue weighted by Gasteiger charge is 2.22. The van der Waals surface area contributed by atoms with Crippen molar-refractivity contribution in [2.24, 2.45) is 7.05 Å². The Morgan fingerprint density at radius 3 is 2.97 bits per heavy atom. The molecule has 1 N–H and O–H groups in total. The molecule has 2 saturated heterocycles. The summed E-state index contributed by atoms with van der Waals surface area (Å²) in [6, 6.07) is 6.36. The Labute approximate surface area is 182 Å². The van der Waals surface area contributed by atoms with E-state index in [1.54, 1.807) is 6.33 Å². The molecule has 5 heterocycles. The number of hydrogen-bond donors (Lipinski definition) is 1. The molecule has 0 aliphatic carbocycles. The van der Waals surface area contributed by atoms with Gasteiger partial charge in [-0.25, -0.2) is 15.0 Å². The molecule has 2 aliphatic heterocycles. The number of pyridine rings is 1. The molecule has 5 rings (SSSR count). The molecule has 1 atom stereocenters.